The second-order valence-corrected chi connectivity index (χ2v) is 8.47. The van der Waals surface area contributed by atoms with Crippen molar-refractivity contribution in [3.05, 3.63) is 71.8 Å². The molecule has 3 aromatic heterocycles. The number of nitrogens with one attached hydrogen (secondary N) is 2. The summed E-state index contributed by atoms with van der Waals surface area (Å²) in [5.74, 6) is 0.620. The number of hydrogen-bond acceptors (Lipinski definition) is 4. The number of carbonyl (C=O) groups is 2. The first-order valence-corrected chi connectivity index (χ1v) is 11.3. The van der Waals surface area contributed by atoms with Gasteiger partial charge in [-0.25, -0.2) is 9.67 Å². The summed E-state index contributed by atoms with van der Waals surface area (Å²) in [6.07, 6.45) is 10.3. The first kappa shape index (κ1) is 20.9. The number of carbonyl (C=O) groups excluding carboxylic acids is 2. The van der Waals surface area contributed by atoms with E-state index in [-0.39, 0.29) is 11.8 Å². The highest BCUT2D eigenvalue weighted by molar-refractivity contribution is 5.96. The molecule has 0 saturated heterocycles. The summed E-state index contributed by atoms with van der Waals surface area (Å²) in [5, 5.41) is 10.5. The third kappa shape index (κ3) is 4.24. The fraction of sp³-hybridized carbons (Fsp3) is 0.280. The summed E-state index contributed by atoms with van der Waals surface area (Å²) >= 11 is 0. The van der Waals surface area contributed by atoms with Crippen LogP contribution in [-0.2, 0) is 0 Å². The second-order valence-electron chi connectivity index (χ2n) is 8.47. The van der Waals surface area contributed by atoms with Crippen LogP contribution in [-0.4, -0.2) is 43.6 Å². The molecule has 1 saturated carbocycles. The molecule has 2 amide bonds. The molecule has 168 valence electrons. The van der Waals surface area contributed by atoms with Crippen LogP contribution >= 0.6 is 0 Å². The van der Waals surface area contributed by atoms with Crippen molar-refractivity contribution in [1.82, 2.24) is 29.8 Å². The highest BCUT2D eigenvalue weighted by atomic mass is 16.2. The van der Waals surface area contributed by atoms with Gasteiger partial charge in [-0.1, -0.05) is 13.0 Å². The lowest BCUT2D eigenvalue weighted by atomic mass is 10.0. The zero-order valence-electron chi connectivity index (χ0n) is 18.7. The molecule has 0 atom stereocenters. The van der Waals surface area contributed by atoms with E-state index in [0.29, 0.717) is 29.4 Å². The third-order valence-corrected chi connectivity index (χ3v) is 5.83. The van der Waals surface area contributed by atoms with Crippen LogP contribution in [0.4, 0.5) is 0 Å². The Morgan fingerprint density at radius 2 is 1.91 bits per heavy atom. The van der Waals surface area contributed by atoms with Crippen LogP contribution in [0.2, 0.25) is 0 Å². The highest BCUT2D eigenvalue weighted by Gasteiger charge is 2.24. The minimum Gasteiger partial charge on any atom is -0.352 e. The lowest BCUT2D eigenvalue weighted by molar-refractivity contribution is 0.0944. The summed E-state index contributed by atoms with van der Waals surface area (Å²) < 4.78 is 3.64. The van der Waals surface area contributed by atoms with Gasteiger partial charge in [-0.3, -0.25) is 14.0 Å². The number of benzene rings is 1. The topological polar surface area (TPSA) is 93.3 Å². The molecular formula is C25H26N6O2. The molecule has 8 nitrogen and oxygen atoms in total. The third-order valence-electron chi connectivity index (χ3n) is 5.83. The fourth-order valence-corrected chi connectivity index (χ4v) is 3.78. The first-order chi connectivity index (χ1) is 16.0. The number of aryl methyl sites for hydroxylation is 1. The summed E-state index contributed by atoms with van der Waals surface area (Å²) in [6, 6.07) is 9.61. The van der Waals surface area contributed by atoms with Gasteiger partial charge in [0, 0.05) is 41.7 Å². The molecule has 1 aliphatic carbocycles. The van der Waals surface area contributed by atoms with Crippen molar-refractivity contribution in [3.8, 4) is 16.9 Å². The van der Waals surface area contributed by atoms with E-state index < -0.39 is 0 Å². The second kappa shape index (κ2) is 8.54. The van der Waals surface area contributed by atoms with E-state index in [1.807, 2.05) is 48.8 Å². The monoisotopic (exact) mass is 442 g/mol. The Bertz CT molecular complexity index is 1350. The minimum atomic E-state index is -0.105. The number of imidazole rings is 1. The van der Waals surface area contributed by atoms with Crippen LogP contribution in [0.15, 0.2) is 55.1 Å². The van der Waals surface area contributed by atoms with Crippen molar-refractivity contribution < 1.29 is 9.59 Å². The molecule has 0 bridgehead atoms. The van der Waals surface area contributed by atoms with Crippen LogP contribution in [0, 0.1) is 6.92 Å². The van der Waals surface area contributed by atoms with Gasteiger partial charge in [0.25, 0.3) is 11.8 Å². The van der Waals surface area contributed by atoms with Gasteiger partial charge < -0.3 is 10.6 Å². The average Bonchev–Trinajstić information content (AvgIpc) is 3.33. The zero-order chi connectivity index (χ0) is 22.9. The molecule has 1 fully saturated rings. The van der Waals surface area contributed by atoms with Crippen LogP contribution in [0.1, 0.15) is 52.5 Å². The van der Waals surface area contributed by atoms with Gasteiger partial charge in [0.15, 0.2) is 5.82 Å². The maximum Gasteiger partial charge on any atom is 0.251 e. The smallest absolute Gasteiger partial charge is 0.251 e. The Hall–Kier alpha value is -3.94. The predicted molar refractivity (Wildman–Crippen MR) is 126 cm³/mol. The number of rotatable bonds is 7. The molecule has 33 heavy (non-hydrogen) atoms. The van der Waals surface area contributed by atoms with E-state index in [0.717, 1.165) is 41.8 Å². The van der Waals surface area contributed by atoms with Gasteiger partial charge >= 0.3 is 0 Å². The van der Waals surface area contributed by atoms with E-state index in [4.69, 9.17) is 0 Å². The van der Waals surface area contributed by atoms with E-state index >= 15 is 0 Å². The molecule has 5 rings (SSSR count). The van der Waals surface area contributed by atoms with Gasteiger partial charge in [0.05, 0.1) is 12.4 Å². The average molecular weight is 443 g/mol. The van der Waals surface area contributed by atoms with E-state index in [2.05, 4.69) is 20.7 Å². The first-order valence-electron chi connectivity index (χ1n) is 11.3. The Morgan fingerprint density at radius 1 is 1.09 bits per heavy atom. The standard InChI is InChI=1S/C25H26N6O2/c1-3-9-26-24(32)18-8-10-30-22(12-18)27-14-23(30)31-15-19(13-28-31)21-11-17(5-4-16(21)2)25(33)29-20-6-7-20/h4-5,8,10-15,20H,3,6-7,9H2,1-2H3,(H,26,32)(H,29,33). The van der Waals surface area contributed by atoms with Crippen molar-refractivity contribution in [1.29, 1.82) is 0 Å². The van der Waals surface area contributed by atoms with Crippen LogP contribution in [0.3, 0.4) is 0 Å². The molecule has 3 heterocycles. The molecule has 0 spiro atoms. The Morgan fingerprint density at radius 3 is 2.70 bits per heavy atom. The zero-order valence-corrected chi connectivity index (χ0v) is 18.7. The highest BCUT2D eigenvalue weighted by Crippen LogP contribution is 2.26. The normalized spacial score (nSPS) is 13.3. The number of pyridine rings is 1. The van der Waals surface area contributed by atoms with Crippen molar-refractivity contribution >= 4 is 17.5 Å². The van der Waals surface area contributed by atoms with Crippen LogP contribution in [0.5, 0.6) is 0 Å². The molecule has 0 unspecified atom stereocenters. The van der Waals surface area contributed by atoms with Gasteiger partial charge in [0.2, 0.25) is 0 Å². The lowest BCUT2D eigenvalue weighted by Crippen LogP contribution is -2.25. The van der Waals surface area contributed by atoms with Crippen LogP contribution in [0.25, 0.3) is 22.6 Å². The summed E-state index contributed by atoms with van der Waals surface area (Å²) in [5.41, 5.74) is 4.84. The molecular weight excluding hydrogens is 416 g/mol. The van der Waals surface area contributed by atoms with Crippen molar-refractivity contribution in [2.45, 2.75) is 39.2 Å². The number of amides is 2. The van der Waals surface area contributed by atoms with Gasteiger partial charge in [-0.15, -0.1) is 0 Å². The Balaban J connectivity index is 1.43. The molecule has 0 radical (unpaired) electrons. The van der Waals surface area contributed by atoms with Gasteiger partial charge in [-0.2, -0.15) is 5.10 Å². The molecule has 2 N–H and O–H groups in total. The number of aromatic nitrogens is 4. The van der Waals surface area contributed by atoms with Crippen molar-refractivity contribution in [3.63, 3.8) is 0 Å². The predicted octanol–water partition coefficient (Wildman–Crippen LogP) is 3.53. The summed E-state index contributed by atoms with van der Waals surface area (Å²) in [6.45, 7) is 4.68. The molecule has 1 aromatic carbocycles. The van der Waals surface area contributed by atoms with Crippen LogP contribution < -0.4 is 10.6 Å². The molecule has 0 aliphatic heterocycles. The number of hydrogen-bond donors (Lipinski definition) is 2. The molecule has 1 aliphatic rings. The van der Waals surface area contributed by atoms with Crippen molar-refractivity contribution in [2.24, 2.45) is 0 Å². The quantitative estimate of drug-likeness (QED) is 0.458. The number of fused-ring (bicyclic) bond motifs is 1. The number of nitrogens with zero attached hydrogens (tertiary/aromatic N) is 4. The maximum absolute atomic E-state index is 12.5. The maximum atomic E-state index is 12.5. The van der Waals surface area contributed by atoms with E-state index in [9.17, 15) is 9.59 Å². The minimum absolute atomic E-state index is 0.0355. The largest absolute Gasteiger partial charge is 0.352 e. The Labute approximate surface area is 191 Å². The summed E-state index contributed by atoms with van der Waals surface area (Å²) in [4.78, 5) is 29.2. The SMILES string of the molecule is CCCNC(=O)c1ccn2c(-n3cc(-c4cc(C(=O)NC5CC5)ccc4C)cn3)cnc2c1. The molecule has 4 aromatic rings. The molecule has 8 heteroatoms. The Kier molecular flexibility index (Phi) is 5.42. The van der Waals surface area contributed by atoms with E-state index in [1.54, 1.807) is 29.2 Å². The summed E-state index contributed by atoms with van der Waals surface area (Å²) in [7, 11) is 0. The lowest BCUT2D eigenvalue weighted by Gasteiger charge is -2.08. The fourth-order valence-electron chi connectivity index (χ4n) is 3.78. The van der Waals surface area contributed by atoms with E-state index in [1.165, 1.54) is 0 Å². The van der Waals surface area contributed by atoms with Gasteiger partial charge in [-0.05, 0) is 61.6 Å². The van der Waals surface area contributed by atoms with Crippen molar-refractivity contribution in [2.75, 3.05) is 6.54 Å². The van der Waals surface area contributed by atoms with Gasteiger partial charge in [0.1, 0.15) is 5.65 Å².